The fraction of sp³-hybridized carbons (Fsp3) is 0.611. The van der Waals surface area contributed by atoms with Gasteiger partial charge in [-0.05, 0) is 57.9 Å². The van der Waals surface area contributed by atoms with Crippen molar-refractivity contribution in [2.75, 3.05) is 6.54 Å². The van der Waals surface area contributed by atoms with Gasteiger partial charge in [0.2, 0.25) is 0 Å². The minimum atomic E-state index is -0.476. The zero-order chi connectivity index (χ0) is 16.2. The van der Waals surface area contributed by atoms with Gasteiger partial charge in [-0.15, -0.1) is 0 Å². The van der Waals surface area contributed by atoms with E-state index in [2.05, 4.69) is 29.6 Å². The van der Waals surface area contributed by atoms with Crippen molar-refractivity contribution in [3.63, 3.8) is 0 Å². The minimum Gasteiger partial charge on any atom is -0.444 e. The van der Waals surface area contributed by atoms with Crippen molar-refractivity contribution in [2.45, 2.75) is 57.6 Å². The van der Waals surface area contributed by atoms with Crippen molar-refractivity contribution in [3.8, 4) is 0 Å². The topological polar surface area (TPSA) is 64.3 Å². The smallest absolute Gasteiger partial charge is 0.408 e. The van der Waals surface area contributed by atoms with Gasteiger partial charge in [0.25, 0.3) is 0 Å². The first-order valence-electron chi connectivity index (χ1n) is 8.07. The molecule has 1 fully saturated rings. The Morgan fingerprint density at radius 3 is 2.50 bits per heavy atom. The molecule has 1 amide bonds. The van der Waals surface area contributed by atoms with Crippen molar-refractivity contribution in [1.29, 1.82) is 0 Å². The van der Waals surface area contributed by atoms with Crippen LogP contribution in [0.3, 0.4) is 0 Å². The van der Waals surface area contributed by atoms with Crippen LogP contribution in [0.4, 0.5) is 4.79 Å². The van der Waals surface area contributed by atoms with Crippen LogP contribution in [0.2, 0.25) is 0 Å². The van der Waals surface area contributed by atoms with E-state index in [1.807, 2.05) is 26.8 Å². The van der Waals surface area contributed by atoms with Crippen LogP contribution < -0.4 is 11.1 Å². The normalized spacial score (nSPS) is 24.5. The van der Waals surface area contributed by atoms with E-state index >= 15 is 0 Å². The number of ether oxygens (including phenoxy) is 1. The number of nitrogens with two attached hydrogens (primary N) is 1. The molecule has 1 aromatic carbocycles. The van der Waals surface area contributed by atoms with Crippen LogP contribution in [-0.2, 0) is 11.2 Å². The third-order valence-corrected chi connectivity index (χ3v) is 4.20. The monoisotopic (exact) mass is 304 g/mol. The van der Waals surface area contributed by atoms with E-state index in [-0.39, 0.29) is 11.6 Å². The molecule has 0 radical (unpaired) electrons. The minimum absolute atomic E-state index is 0.274. The number of carbonyl (C=O) groups excluding carboxylic acids is 1. The maximum Gasteiger partial charge on any atom is 0.408 e. The van der Waals surface area contributed by atoms with Crippen LogP contribution in [0.25, 0.3) is 0 Å². The Balaban J connectivity index is 1.77. The SMILES string of the molecule is CC(C)(C)OC(=O)NC1(CN)CC(CCc2ccccc2)C1. The number of hydrogen-bond acceptors (Lipinski definition) is 3. The second kappa shape index (κ2) is 6.69. The molecule has 0 spiro atoms. The molecule has 0 bridgehead atoms. The van der Waals surface area contributed by atoms with Gasteiger partial charge in [-0.1, -0.05) is 30.3 Å². The van der Waals surface area contributed by atoms with Crippen LogP contribution in [0.1, 0.15) is 45.6 Å². The zero-order valence-electron chi connectivity index (χ0n) is 13.9. The molecule has 0 unspecified atom stereocenters. The van der Waals surface area contributed by atoms with Crippen molar-refractivity contribution in [1.82, 2.24) is 5.32 Å². The molecule has 0 heterocycles. The Labute approximate surface area is 133 Å². The molecule has 0 saturated heterocycles. The van der Waals surface area contributed by atoms with Gasteiger partial charge in [-0.25, -0.2) is 4.79 Å². The zero-order valence-corrected chi connectivity index (χ0v) is 13.9. The van der Waals surface area contributed by atoms with E-state index in [4.69, 9.17) is 10.5 Å². The van der Waals surface area contributed by atoms with E-state index in [0.717, 1.165) is 25.7 Å². The standard InChI is InChI=1S/C18H28N2O2/c1-17(2,3)22-16(21)20-18(13-19)11-15(12-18)10-9-14-7-5-4-6-8-14/h4-8,15H,9-13,19H2,1-3H3,(H,20,21). The second-order valence-corrected chi connectivity index (χ2v) is 7.41. The van der Waals surface area contributed by atoms with Gasteiger partial charge in [0, 0.05) is 6.54 Å². The average Bonchev–Trinajstić information content (AvgIpc) is 2.40. The molecule has 0 atom stereocenters. The van der Waals surface area contributed by atoms with Crippen LogP contribution in [-0.4, -0.2) is 23.8 Å². The predicted octanol–water partition coefficient (Wildman–Crippen LogP) is 3.25. The van der Waals surface area contributed by atoms with E-state index < -0.39 is 5.60 Å². The van der Waals surface area contributed by atoms with Gasteiger partial charge in [-0.2, -0.15) is 0 Å². The fourth-order valence-electron chi connectivity index (χ4n) is 3.10. The predicted molar refractivity (Wildman–Crippen MR) is 88.6 cm³/mol. The summed E-state index contributed by atoms with van der Waals surface area (Å²) >= 11 is 0. The van der Waals surface area contributed by atoms with Crippen LogP contribution in [0, 0.1) is 5.92 Å². The summed E-state index contributed by atoms with van der Waals surface area (Å²) in [4.78, 5) is 11.9. The van der Waals surface area contributed by atoms with E-state index in [1.54, 1.807) is 0 Å². The molecule has 22 heavy (non-hydrogen) atoms. The average molecular weight is 304 g/mol. The molecule has 122 valence electrons. The molecule has 1 saturated carbocycles. The lowest BCUT2D eigenvalue weighted by Crippen LogP contribution is -2.62. The first-order chi connectivity index (χ1) is 10.3. The van der Waals surface area contributed by atoms with Gasteiger partial charge in [0.05, 0.1) is 5.54 Å². The number of rotatable bonds is 5. The van der Waals surface area contributed by atoms with Crippen LogP contribution in [0.15, 0.2) is 30.3 Å². The Bertz CT molecular complexity index is 488. The number of amides is 1. The number of aryl methyl sites for hydroxylation is 1. The fourth-order valence-corrected chi connectivity index (χ4v) is 3.10. The quantitative estimate of drug-likeness (QED) is 0.877. The lowest BCUT2D eigenvalue weighted by atomic mass is 9.66. The van der Waals surface area contributed by atoms with Gasteiger partial charge >= 0.3 is 6.09 Å². The third-order valence-electron chi connectivity index (χ3n) is 4.20. The summed E-state index contributed by atoms with van der Waals surface area (Å²) in [5.74, 6) is 0.624. The largest absolute Gasteiger partial charge is 0.444 e. The molecule has 4 nitrogen and oxygen atoms in total. The van der Waals surface area contributed by atoms with E-state index in [9.17, 15) is 4.79 Å². The Kier molecular flexibility index (Phi) is 5.12. The summed E-state index contributed by atoms with van der Waals surface area (Å²) in [5.41, 5.74) is 6.50. The molecular formula is C18H28N2O2. The van der Waals surface area contributed by atoms with E-state index in [0.29, 0.717) is 12.5 Å². The lowest BCUT2D eigenvalue weighted by molar-refractivity contribution is 0.0295. The van der Waals surface area contributed by atoms with Crippen LogP contribution >= 0.6 is 0 Å². The summed E-state index contributed by atoms with van der Waals surface area (Å²) in [6, 6.07) is 10.5. The van der Waals surface area contributed by atoms with Gasteiger partial charge in [-0.3, -0.25) is 0 Å². The second-order valence-electron chi connectivity index (χ2n) is 7.41. The summed E-state index contributed by atoms with van der Waals surface area (Å²) in [7, 11) is 0. The molecule has 2 rings (SSSR count). The Morgan fingerprint density at radius 2 is 1.95 bits per heavy atom. The summed E-state index contributed by atoms with van der Waals surface area (Å²) in [6.45, 7) is 6.06. The number of carbonyl (C=O) groups is 1. The number of hydrogen-bond donors (Lipinski definition) is 2. The van der Waals surface area contributed by atoms with Gasteiger partial charge < -0.3 is 15.8 Å². The molecule has 1 aliphatic rings. The molecule has 3 N–H and O–H groups in total. The number of alkyl carbamates (subject to hydrolysis) is 1. The maximum atomic E-state index is 11.9. The number of benzene rings is 1. The highest BCUT2D eigenvalue weighted by Gasteiger charge is 2.44. The maximum absolute atomic E-state index is 11.9. The first-order valence-corrected chi connectivity index (χ1v) is 8.07. The van der Waals surface area contributed by atoms with Crippen molar-refractivity contribution < 1.29 is 9.53 Å². The molecule has 1 aromatic rings. The summed E-state index contributed by atoms with van der Waals surface area (Å²) < 4.78 is 5.33. The lowest BCUT2D eigenvalue weighted by Gasteiger charge is -2.47. The molecule has 0 aromatic heterocycles. The highest BCUT2D eigenvalue weighted by Crippen LogP contribution is 2.40. The third kappa shape index (κ3) is 4.73. The molecule has 0 aliphatic heterocycles. The molecule has 4 heteroatoms. The highest BCUT2D eigenvalue weighted by atomic mass is 16.6. The molecule has 1 aliphatic carbocycles. The highest BCUT2D eigenvalue weighted by molar-refractivity contribution is 5.69. The van der Waals surface area contributed by atoms with Crippen molar-refractivity contribution in [2.24, 2.45) is 11.7 Å². The van der Waals surface area contributed by atoms with E-state index in [1.165, 1.54) is 5.56 Å². The van der Waals surface area contributed by atoms with Crippen molar-refractivity contribution in [3.05, 3.63) is 35.9 Å². The number of nitrogens with one attached hydrogen (secondary N) is 1. The Morgan fingerprint density at radius 1 is 1.32 bits per heavy atom. The van der Waals surface area contributed by atoms with Gasteiger partial charge in [0.1, 0.15) is 5.60 Å². The summed E-state index contributed by atoms with van der Waals surface area (Å²) in [5, 5.41) is 2.98. The van der Waals surface area contributed by atoms with Crippen LogP contribution in [0.5, 0.6) is 0 Å². The first kappa shape index (κ1) is 16.8. The van der Waals surface area contributed by atoms with Crippen molar-refractivity contribution >= 4 is 6.09 Å². The molecular weight excluding hydrogens is 276 g/mol. The Hall–Kier alpha value is -1.55. The van der Waals surface area contributed by atoms with Gasteiger partial charge in [0.15, 0.2) is 0 Å². The summed E-state index contributed by atoms with van der Waals surface area (Å²) in [6.07, 6.45) is 3.74.